The fourth-order valence-electron chi connectivity index (χ4n) is 1.31. The van der Waals surface area contributed by atoms with E-state index in [0.29, 0.717) is 23.9 Å². The van der Waals surface area contributed by atoms with Gasteiger partial charge in [0.1, 0.15) is 5.82 Å². The minimum atomic E-state index is 0.0597. The molecule has 1 aliphatic rings. The number of hydrogen-bond acceptors (Lipinski definition) is 4. The Morgan fingerprint density at radius 1 is 1.50 bits per heavy atom. The fraction of sp³-hybridized carbons (Fsp3) is 0.375. The van der Waals surface area contributed by atoms with Crippen LogP contribution in [0.5, 0.6) is 0 Å². The zero-order valence-electron chi connectivity index (χ0n) is 7.33. The summed E-state index contributed by atoms with van der Waals surface area (Å²) < 4.78 is 0. The fourth-order valence-corrected chi connectivity index (χ4v) is 1.41. The van der Waals surface area contributed by atoms with Crippen molar-refractivity contribution in [3.63, 3.8) is 0 Å². The molecule has 0 radical (unpaired) electrons. The zero-order valence-corrected chi connectivity index (χ0v) is 8.08. The van der Waals surface area contributed by atoms with Crippen molar-refractivity contribution in [3.8, 4) is 0 Å². The molecule has 14 heavy (non-hydrogen) atoms. The van der Waals surface area contributed by atoms with Crippen molar-refractivity contribution < 1.29 is 4.79 Å². The second kappa shape index (κ2) is 3.79. The molecule has 2 rings (SSSR count). The standard InChI is InChI=1S/C8H9ClN4O/c9-6-1-2-7(13-12-6)11-5-3-8(14)10-4-5/h1-2,5H,3-4H2,(H,10,14)(H,11,13). The van der Waals surface area contributed by atoms with Crippen molar-refractivity contribution in [3.05, 3.63) is 17.3 Å². The van der Waals surface area contributed by atoms with E-state index >= 15 is 0 Å². The molecule has 1 aromatic heterocycles. The molecule has 1 fully saturated rings. The van der Waals surface area contributed by atoms with Crippen molar-refractivity contribution in [2.75, 3.05) is 11.9 Å². The predicted molar refractivity (Wildman–Crippen MR) is 52.1 cm³/mol. The summed E-state index contributed by atoms with van der Waals surface area (Å²) in [5.74, 6) is 0.695. The van der Waals surface area contributed by atoms with Crippen LogP contribution in [0.4, 0.5) is 5.82 Å². The van der Waals surface area contributed by atoms with Crippen LogP contribution in [0.3, 0.4) is 0 Å². The van der Waals surface area contributed by atoms with Gasteiger partial charge in [-0.15, -0.1) is 10.2 Å². The van der Waals surface area contributed by atoms with E-state index in [-0.39, 0.29) is 11.9 Å². The molecule has 0 bridgehead atoms. The van der Waals surface area contributed by atoms with E-state index in [1.165, 1.54) is 0 Å². The summed E-state index contributed by atoms with van der Waals surface area (Å²) in [7, 11) is 0. The van der Waals surface area contributed by atoms with E-state index in [1.54, 1.807) is 12.1 Å². The van der Waals surface area contributed by atoms with Crippen LogP contribution in [0.1, 0.15) is 6.42 Å². The molecular weight excluding hydrogens is 204 g/mol. The molecule has 1 amide bonds. The minimum absolute atomic E-state index is 0.0597. The van der Waals surface area contributed by atoms with Crippen LogP contribution in [0.15, 0.2) is 12.1 Å². The van der Waals surface area contributed by atoms with Crippen LogP contribution < -0.4 is 10.6 Å². The molecule has 1 aromatic rings. The number of aromatic nitrogens is 2. The quantitative estimate of drug-likeness (QED) is 0.746. The van der Waals surface area contributed by atoms with Crippen LogP contribution in [0.25, 0.3) is 0 Å². The number of hydrogen-bond donors (Lipinski definition) is 2. The Hall–Kier alpha value is -1.36. The Morgan fingerprint density at radius 3 is 2.93 bits per heavy atom. The number of halogens is 1. The van der Waals surface area contributed by atoms with Gasteiger partial charge in [-0.25, -0.2) is 0 Å². The van der Waals surface area contributed by atoms with Crippen LogP contribution in [0.2, 0.25) is 5.15 Å². The van der Waals surface area contributed by atoms with Crippen molar-refractivity contribution in [1.82, 2.24) is 15.5 Å². The largest absolute Gasteiger partial charge is 0.364 e. The first-order valence-electron chi connectivity index (χ1n) is 4.26. The minimum Gasteiger partial charge on any atom is -0.364 e. The molecule has 6 heteroatoms. The highest BCUT2D eigenvalue weighted by molar-refractivity contribution is 6.29. The van der Waals surface area contributed by atoms with Gasteiger partial charge in [0.05, 0.1) is 6.04 Å². The molecule has 1 unspecified atom stereocenters. The normalized spacial score (nSPS) is 20.6. The Balaban J connectivity index is 1.97. The molecule has 74 valence electrons. The maximum Gasteiger partial charge on any atom is 0.222 e. The van der Waals surface area contributed by atoms with E-state index in [9.17, 15) is 4.79 Å². The van der Waals surface area contributed by atoms with Gasteiger partial charge in [0.25, 0.3) is 0 Å². The highest BCUT2D eigenvalue weighted by Gasteiger charge is 2.21. The van der Waals surface area contributed by atoms with Gasteiger partial charge in [-0.2, -0.15) is 0 Å². The Kier molecular flexibility index (Phi) is 2.49. The lowest BCUT2D eigenvalue weighted by Crippen LogP contribution is -2.22. The summed E-state index contributed by atoms with van der Waals surface area (Å²) in [6.45, 7) is 0.628. The number of nitrogens with zero attached hydrogens (tertiary/aromatic N) is 2. The first-order valence-corrected chi connectivity index (χ1v) is 4.64. The Labute approximate surface area is 85.9 Å². The van der Waals surface area contributed by atoms with Gasteiger partial charge in [0.2, 0.25) is 5.91 Å². The van der Waals surface area contributed by atoms with Crippen molar-refractivity contribution in [2.45, 2.75) is 12.5 Å². The molecule has 1 saturated heterocycles. The number of carbonyl (C=O) groups excluding carboxylic acids is 1. The molecule has 0 saturated carbocycles. The van der Waals surface area contributed by atoms with Gasteiger partial charge in [-0.1, -0.05) is 11.6 Å². The van der Waals surface area contributed by atoms with Gasteiger partial charge in [0.15, 0.2) is 5.15 Å². The average molecular weight is 213 g/mol. The smallest absolute Gasteiger partial charge is 0.222 e. The van der Waals surface area contributed by atoms with Gasteiger partial charge in [-0.3, -0.25) is 4.79 Å². The van der Waals surface area contributed by atoms with Crippen LogP contribution >= 0.6 is 11.6 Å². The topological polar surface area (TPSA) is 66.9 Å². The molecule has 5 nitrogen and oxygen atoms in total. The number of anilines is 1. The monoisotopic (exact) mass is 212 g/mol. The van der Waals surface area contributed by atoms with E-state index in [0.717, 1.165) is 0 Å². The Bertz CT molecular complexity index is 340. The van der Waals surface area contributed by atoms with Crippen LogP contribution in [-0.2, 0) is 4.79 Å². The van der Waals surface area contributed by atoms with E-state index < -0.39 is 0 Å². The molecule has 2 heterocycles. The first-order chi connectivity index (χ1) is 6.74. The molecule has 0 aromatic carbocycles. The molecule has 0 spiro atoms. The van der Waals surface area contributed by atoms with Crippen molar-refractivity contribution in [2.24, 2.45) is 0 Å². The van der Waals surface area contributed by atoms with E-state index in [1.807, 2.05) is 0 Å². The summed E-state index contributed by atoms with van der Waals surface area (Å²) in [6.07, 6.45) is 0.476. The maximum absolute atomic E-state index is 10.9. The Morgan fingerprint density at radius 2 is 2.36 bits per heavy atom. The SMILES string of the molecule is O=C1CC(Nc2ccc(Cl)nn2)CN1. The number of rotatable bonds is 2. The van der Waals surface area contributed by atoms with E-state index in [4.69, 9.17) is 11.6 Å². The number of amides is 1. The lowest BCUT2D eigenvalue weighted by atomic mass is 10.2. The summed E-state index contributed by atoms with van der Waals surface area (Å²) >= 11 is 5.58. The maximum atomic E-state index is 10.9. The average Bonchev–Trinajstić information content (AvgIpc) is 2.56. The van der Waals surface area contributed by atoms with Crippen molar-refractivity contribution >= 4 is 23.3 Å². The summed E-state index contributed by atoms with van der Waals surface area (Å²) in [6, 6.07) is 3.48. The second-order valence-corrected chi connectivity index (χ2v) is 3.48. The predicted octanol–water partition coefficient (Wildman–Crippen LogP) is 0.430. The summed E-state index contributed by atoms with van der Waals surface area (Å²) in [5.41, 5.74) is 0. The lowest BCUT2D eigenvalue weighted by molar-refractivity contribution is -0.119. The van der Waals surface area contributed by atoms with E-state index in [2.05, 4.69) is 20.8 Å². The van der Waals surface area contributed by atoms with Crippen LogP contribution in [0, 0.1) is 0 Å². The first kappa shape index (κ1) is 9.21. The van der Waals surface area contributed by atoms with Gasteiger partial charge < -0.3 is 10.6 Å². The van der Waals surface area contributed by atoms with Crippen LogP contribution in [-0.4, -0.2) is 28.7 Å². The highest BCUT2D eigenvalue weighted by atomic mass is 35.5. The molecule has 1 aliphatic heterocycles. The van der Waals surface area contributed by atoms with Crippen molar-refractivity contribution in [1.29, 1.82) is 0 Å². The lowest BCUT2D eigenvalue weighted by Gasteiger charge is -2.09. The van der Waals surface area contributed by atoms with Gasteiger partial charge in [-0.05, 0) is 12.1 Å². The molecule has 1 atom stereocenters. The highest BCUT2D eigenvalue weighted by Crippen LogP contribution is 2.10. The summed E-state index contributed by atoms with van der Waals surface area (Å²) in [4.78, 5) is 10.9. The molecule has 0 aliphatic carbocycles. The number of nitrogens with one attached hydrogen (secondary N) is 2. The molecular formula is C8H9ClN4O. The zero-order chi connectivity index (χ0) is 9.97. The third kappa shape index (κ3) is 2.11. The third-order valence-corrected chi connectivity index (χ3v) is 2.16. The van der Waals surface area contributed by atoms with Gasteiger partial charge in [0, 0.05) is 13.0 Å². The second-order valence-electron chi connectivity index (χ2n) is 3.09. The summed E-state index contributed by atoms with van der Waals surface area (Å²) in [5, 5.41) is 13.7. The number of carbonyl (C=O) groups is 1. The third-order valence-electron chi connectivity index (χ3n) is 1.96. The van der Waals surface area contributed by atoms with Gasteiger partial charge >= 0.3 is 0 Å². The molecule has 2 N–H and O–H groups in total.